The summed E-state index contributed by atoms with van der Waals surface area (Å²) in [6.45, 7) is 2.49. The summed E-state index contributed by atoms with van der Waals surface area (Å²) in [6.07, 6.45) is -2.74. The van der Waals surface area contributed by atoms with Crippen LogP contribution in [0.5, 0.6) is 0 Å². The molecule has 0 spiro atoms. The van der Waals surface area contributed by atoms with Crippen molar-refractivity contribution in [3.8, 4) is 0 Å². The lowest BCUT2D eigenvalue weighted by atomic mass is 9.99. The van der Waals surface area contributed by atoms with Gasteiger partial charge in [0.1, 0.15) is 23.6 Å². The molecule has 12 nitrogen and oxygen atoms in total. The van der Waals surface area contributed by atoms with E-state index in [4.69, 9.17) is 13.8 Å². The highest BCUT2D eigenvalue weighted by Crippen LogP contribution is 2.51. The Morgan fingerprint density at radius 2 is 2.13 bits per heavy atom. The standard InChI is InChI=1S/C17H29N4O8PS/c1-11(22)31-9-8-27-30(26,20(4)5)28-10-17(2)14(24)13(23)15(29-17)21-7-6-12(18-3)19-16(21)25/h6-7,13-15,23-24H,8-10H2,1-5H3,(H,18,19,25)/t13-,14?,15+,17+,30?/m0/s1. The highest BCUT2D eigenvalue weighted by atomic mass is 32.2. The van der Waals surface area contributed by atoms with Crippen LogP contribution in [0.25, 0.3) is 0 Å². The average molecular weight is 480 g/mol. The smallest absolute Gasteiger partial charge is 0.387 e. The summed E-state index contributed by atoms with van der Waals surface area (Å²) in [5.41, 5.74) is -2.17. The van der Waals surface area contributed by atoms with Crippen LogP contribution in [-0.4, -0.2) is 87.5 Å². The molecule has 1 aliphatic heterocycles. The van der Waals surface area contributed by atoms with Gasteiger partial charge in [-0.3, -0.25) is 18.4 Å². The summed E-state index contributed by atoms with van der Waals surface area (Å²) in [6, 6.07) is 1.52. The summed E-state index contributed by atoms with van der Waals surface area (Å²) in [5.74, 6) is 0.638. The number of hydrogen-bond acceptors (Lipinski definition) is 11. The van der Waals surface area contributed by atoms with Crippen LogP contribution < -0.4 is 11.0 Å². The van der Waals surface area contributed by atoms with Crippen molar-refractivity contribution in [3.63, 3.8) is 0 Å². The molecule has 2 heterocycles. The second kappa shape index (κ2) is 10.5. The van der Waals surface area contributed by atoms with Crippen LogP contribution >= 0.6 is 19.5 Å². The van der Waals surface area contributed by atoms with E-state index < -0.39 is 44.1 Å². The summed E-state index contributed by atoms with van der Waals surface area (Å²) >= 11 is 1.03. The Morgan fingerprint density at radius 3 is 2.68 bits per heavy atom. The summed E-state index contributed by atoms with van der Waals surface area (Å²) in [5, 5.41) is 23.7. The van der Waals surface area contributed by atoms with Gasteiger partial charge < -0.3 is 20.3 Å². The van der Waals surface area contributed by atoms with Crippen molar-refractivity contribution in [2.45, 2.75) is 37.9 Å². The minimum atomic E-state index is -3.76. The van der Waals surface area contributed by atoms with Crippen molar-refractivity contribution in [3.05, 3.63) is 22.7 Å². The SMILES string of the molecule is CNc1ccn([C@@H]2O[C@](C)(COP(=O)(OCCSC(C)=O)N(C)C)C(O)[C@@H]2O)c(=O)n1. The zero-order valence-electron chi connectivity index (χ0n) is 18.0. The van der Waals surface area contributed by atoms with Crippen molar-refractivity contribution in [1.29, 1.82) is 0 Å². The molecule has 1 saturated heterocycles. The lowest BCUT2D eigenvalue weighted by Crippen LogP contribution is -2.44. The van der Waals surface area contributed by atoms with Gasteiger partial charge in [0.05, 0.1) is 13.2 Å². The van der Waals surface area contributed by atoms with Gasteiger partial charge in [-0.1, -0.05) is 11.8 Å². The molecule has 31 heavy (non-hydrogen) atoms. The molecule has 1 aromatic rings. The predicted octanol–water partition coefficient (Wildman–Crippen LogP) is 0.277. The predicted molar refractivity (Wildman–Crippen MR) is 115 cm³/mol. The van der Waals surface area contributed by atoms with Gasteiger partial charge in [-0.2, -0.15) is 4.98 Å². The fourth-order valence-electron chi connectivity index (χ4n) is 2.83. The van der Waals surface area contributed by atoms with Gasteiger partial charge in [0.25, 0.3) is 0 Å². The molecule has 0 amide bonds. The molecule has 0 aromatic carbocycles. The normalized spacial score (nSPS) is 27.9. The molecule has 5 atom stereocenters. The minimum absolute atomic E-state index is 0.00392. The van der Waals surface area contributed by atoms with E-state index in [2.05, 4.69) is 10.3 Å². The van der Waals surface area contributed by atoms with E-state index in [0.29, 0.717) is 11.6 Å². The molecule has 1 fully saturated rings. The molecule has 1 aliphatic rings. The van der Waals surface area contributed by atoms with Gasteiger partial charge in [0, 0.05) is 25.9 Å². The van der Waals surface area contributed by atoms with Gasteiger partial charge in [-0.25, -0.2) is 14.0 Å². The highest BCUT2D eigenvalue weighted by Gasteiger charge is 2.53. The largest absolute Gasteiger partial charge is 0.407 e. The summed E-state index contributed by atoms with van der Waals surface area (Å²) in [7, 11) is 0.847. The Balaban J connectivity index is 2.11. The van der Waals surface area contributed by atoms with Crippen LogP contribution in [0.15, 0.2) is 17.1 Å². The Labute approximate surface area is 184 Å². The van der Waals surface area contributed by atoms with E-state index in [-0.39, 0.29) is 11.7 Å². The third-order valence-corrected chi connectivity index (χ3v) is 7.36. The zero-order valence-corrected chi connectivity index (χ0v) is 19.8. The van der Waals surface area contributed by atoms with Crippen LogP contribution in [0.4, 0.5) is 5.82 Å². The third kappa shape index (κ3) is 6.14. The molecule has 176 valence electrons. The van der Waals surface area contributed by atoms with Crippen molar-refractivity contribution in [1.82, 2.24) is 14.2 Å². The van der Waals surface area contributed by atoms with E-state index in [1.807, 2.05) is 0 Å². The number of carbonyl (C=O) groups is 1. The number of nitrogens with one attached hydrogen (secondary N) is 1. The van der Waals surface area contributed by atoms with Gasteiger partial charge in [0.15, 0.2) is 11.3 Å². The zero-order chi connectivity index (χ0) is 23.4. The van der Waals surface area contributed by atoms with Crippen LogP contribution in [0.2, 0.25) is 0 Å². The maximum Gasteiger partial charge on any atom is 0.407 e. The number of thioether (sulfide) groups is 1. The van der Waals surface area contributed by atoms with Gasteiger partial charge in [-0.05, 0) is 27.1 Å². The van der Waals surface area contributed by atoms with Crippen molar-refractivity contribution < 1.29 is 33.4 Å². The lowest BCUT2D eigenvalue weighted by Gasteiger charge is -2.31. The van der Waals surface area contributed by atoms with Gasteiger partial charge >= 0.3 is 13.4 Å². The van der Waals surface area contributed by atoms with Crippen LogP contribution in [0, 0.1) is 0 Å². The van der Waals surface area contributed by atoms with Crippen molar-refractivity contribution in [2.24, 2.45) is 0 Å². The number of aliphatic hydroxyl groups excluding tert-OH is 2. The minimum Gasteiger partial charge on any atom is -0.387 e. The quantitative estimate of drug-likeness (QED) is 0.311. The number of carbonyl (C=O) groups excluding carboxylic acids is 1. The topological polar surface area (TPSA) is 152 Å². The Morgan fingerprint density at radius 1 is 1.45 bits per heavy atom. The average Bonchev–Trinajstić information content (AvgIpc) is 2.94. The van der Waals surface area contributed by atoms with Crippen LogP contribution in [-0.2, 0) is 23.1 Å². The molecule has 14 heteroatoms. The highest BCUT2D eigenvalue weighted by molar-refractivity contribution is 8.13. The lowest BCUT2D eigenvalue weighted by molar-refractivity contribution is -0.115. The first-order valence-corrected chi connectivity index (χ1v) is 11.9. The number of anilines is 1. The van der Waals surface area contributed by atoms with Gasteiger partial charge in [-0.15, -0.1) is 0 Å². The number of aromatic nitrogens is 2. The number of ether oxygens (including phenoxy) is 1. The molecule has 1 aromatic heterocycles. The number of nitrogens with zero attached hydrogens (tertiary/aromatic N) is 3. The summed E-state index contributed by atoms with van der Waals surface area (Å²) < 4.78 is 32.0. The second-order valence-electron chi connectivity index (χ2n) is 7.27. The fourth-order valence-corrected chi connectivity index (χ4v) is 4.69. The van der Waals surface area contributed by atoms with Crippen molar-refractivity contribution in [2.75, 3.05) is 45.4 Å². The Hall–Kier alpha value is -1.31. The van der Waals surface area contributed by atoms with E-state index in [0.717, 1.165) is 16.3 Å². The fraction of sp³-hybridized carbons (Fsp3) is 0.706. The first kappa shape index (κ1) is 25.9. The summed E-state index contributed by atoms with van der Waals surface area (Å²) in [4.78, 5) is 27.1. The number of rotatable bonds is 10. The van der Waals surface area contributed by atoms with Crippen molar-refractivity contribution >= 4 is 30.4 Å². The molecular formula is C17H29N4O8PS. The first-order valence-electron chi connectivity index (χ1n) is 9.44. The second-order valence-corrected chi connectivity index (χ2v) is 10.8. The number of hydrogen-bond donors (Lipinski definition) is 3. The molecule has 3 N–H and O–H groups in total. The Kier molecular flexibility index (Phi) is 8.82. The molecule has 2 rings (SSSR count). The van der Waals surface area contributed by atoms with Crippen LogP contribution in [0.3, 0.4) is 0 Å². The number of aliphatic hydroxyl groups is 2. The maximum absolute atomic E-state index is 13.0. The monoisotopic (exact) mass is 480 g/mol. The molecule has 0 bridgehead atoms. The van der Waals surface area contributed by atoms with E-state index in [1.54, 1.807) is 7.05 Å². The Bertz CT molecular complexity index is 884. The first-order chi connectivity index (χ1) is 14.4. The van der Waals surface area contributed by atoms with E-state index in [1.165, 1.54) is 44.9 Å². The molecule has 0 saturated carbocycles. The maximum atomic E-state index is 13.0. The van der Waals surface area contributed by atoms with Crippen LogP contribution in [0.1, 0.15) is 20.1 Å². The van der Waals surface area contributed by atoms with E-state index >= 15 is 0 Å². The molecule has 0 radical (unpaired) electrons. The third-order valence-electron chi connectivity index (χ3n) is 4.64. The molecular weight excluding hydrogens is 451 g/mol. The molecule has 2 unspecified atom stereocenters. The van der Waals surface area contributed by atoms with Gasteiger partial charge in [0.2, 0.25) is 0 Å². The molecule has 0 aliphatic carbocycles. The van der Waals surface area contributed by atoms with E-state index in [9.17, 15) is 24.4 Å².